The molecule has 1 atom stereocenters. The number of carbonyl (C=O) groups is 1. The van der Waals surface area contributed by atoms with E-state index in [1.807, 2.05) is 39.8 Å². The summed E-state index contributed by atoms with van der Waals surface area (Å²) in [6, 6.07) is 7.22. The van der Waals surface area contributed by atoms with E-state index in [9.17, 15) is 4.79 Å². The zero-order chi connectivity index (χ0) is 13.8. The predicted molar refractivity (Wildman–Crippen MR) is 70.0 cm³/mol. The van der Waals surface area contributed by atoms with E-state index in [1.54, 1.807) is 12.1 Å². The van der Waals surface area contributed by atoms with E-state index < -0.39 is 11.7 Å². The van der Waals surface area contributed by atoms with E-state index in [4.69, 9.17) is 15.5 Å². The van der Waals surface area contributed by atoms with Crippen molar-refractivity contribution in [3.05, 3.63) is 29.8 Å². The fourth-order valence-electron chi connectivity index (χ4n) is 1.34. The van der Waals surface area contributed by atoms with Crippen molar-refractivity contribution in [2.45, 2.75) is 39.4 Å². The highest BCUT2D eigenvalue weighted by molar-refractivity contribution is 5.84. The van der Waals surface area contributed by atoms with E-state index >= 15 is 0 Å². The van der Waals surface area contributed by atoms with E-state index in [1.165, 1.54) is 0 Å². The van der Waals surface area contributed by atoms with Crippen LogP contribution in [0, 0.1) is 0 Å². The second-order valence-corrected chi connectivity index (χ2v) is 5.03. The number of ether oxygens (including phenoxy) is 1. The van der Waals surface area contributed by atoms with Gasteiger partial charge in [0, 0.05) is 5.69 Å². The third-order valence-corrected chi connectivity index (χ3v) is 2.23. The van der Waals surface area contributed by atoms with Crippen LogP contribution in [0.1, 0.15) is 39.4 Å². The largest absolute Gasteiger partial charge is 0.444 e. The molecule has 0 saturated carbocycles. The van der Waals surface area contributed by atoms with Gasteiger partial charge in [-0.2, -0.15) is 0 Å². The molecule has 0 radical (unpaired) electrons. The van der Waals surface area contributed by atoms with Gasteiger partial charge in [0.05, 0.1) is 0 Å². The quantitative estimate of drug-likeness (QED) is 0.811. The van der Waals surface area contributed by atoms with Gasteiger partial charge in [-0.1, -0.05) is 12.1 Å². The van der Waals surface area contributed by atoms with Gasteiger partial charge >= 0.3 is 6.09 Å². The van der Waals surface area contributed by atoms with Crippen molar-refractivity contribution in [2.75, 3.05) is 5.32 Å². The fourth-order valence-corrected chi connectivity index (χ4v) is 1.34. The van der Waals surface area contributed by atoms with Crippen molar-refractivity contribution in [1.82, 2.24) is 0 Å². The molecule has 0 aromatic heterocycles. The van der Waals surface area contributed by atoms with Crippen LogP contribution in [-0.2, 0) is 9.57 Å². The molecular formula is C13H20N2O3. The summed E-state index contributed by atoms with van der Waals surface area (Å²) in [7, 11) is 0. The number of hydrogen-bond acceptors (Lipinski definition) is 4. The van der Waals surface area contributed by atoms with Crippen LogP contribution in [0.4, 0.5) is 10.5 Å². The first-order valence-corrected chi connectivity index (χ1v) is 5.77. The minimum Gasteiger partial charge on any atom is -0.444 e. The Morgan fingerprint density at radius 2 is 1.83 bits per heavy atom. The van der Waals surface area contributed by atoms with Crippen LogP contribution in [0.15, 0.2) is 24.3 Å². The monoisotopic (exact) mass is 252 g/mol. The first kappa shape index (κ1) is 14.5. The number of anilines is 1. The second kappa shape index (κ2) is 5.84. The first-order valence-electron chi connectivity index (χ1n) is 5.77. The normalized spacial score (nSPS) is 12.9. The smallest absolute Gasteiger partial charge is 0.412 e. The molecule has 5 heteroatoms. The highest BCUT2D eigenvalue weighted by Crippen LogP contribution is 2.18. The average molecular weight is 252 g/mol. The Kier molecular flexibility index (Phi) is 4.69. The molecule has 18 heavy (non-hydrogen) atoms. The van der Waals surface area contributed by atoms with Gasteiger partial charge < -0.3 is 4.74 Å². The van der Waals surface area contributed by atoms with Gasteiger partial charge in [0.2, 0.25) is 0 Å². The number of amides is 1. The molecule has 0 aliphatic heterocycles. The molecule has 1 rings (SSSR count). The molecule has 0 saturated heterocycles. The van der Waals surface area contributed by atoms with Gasteiger partial charge in [-0.05, 0) is 45.4 Å². The SMILES string of the molecule is CC(ON)c1ccc(NC(=O)OC(C)(C)C)cc1. The van der Waals surface area contributed by atoms with Crippen molar-refractivity contribution in [3.8, 4) is 0 Å². The van der Waals surface area contributed by atoms with Crippen LogP contribution in [0.3, 0.4) is 0 Å². The Bertz CT molecular complexity index is 396. The molecule has 1 amide bonds. The molecule has 1 unspecified atom stereocenters. The Morgan fingerprint density at radius 1 is 1.28 bits per heavy atom. The summed E-state index contributed by atoms with van der Waals surface area (Å²) in [5.41, 5.74) is 1.09. The Hall–Kier alpha value is -1.59. The molecule has 0 spiro atoms. The molecule has 0 aliphatic carbocycles. The number of nitrogens with two attached hydrogens (primary N) is 1. The van der Waals surface area contributed by atoms with Crippen LogP contribution in [0.25, 0.3) is 0 Å². The van der Waals surface area contributed by atoms with Crippen molar-refractivity contribution in [1.29, 1.82) is 0 Å². The summed E-state index contributed by atoms with van der Waals surface area (Å²) in [6.45, 7) is 7.29. The molecular weight excluding hydrogens is 232 g/mol. The summed E-state index contributed by atoms with van der Waals surface area (Å²) in [5.74, 6) is 5.10. The van der Waals surface area contributed by atoms with Gasteiger partial charge in [-0.15, -0.1) is 0 Å². The fraction of sp³-hybridized carbons (Fsp3) is 0.462. The zero-order valence-electron chi connectivity index (χ0n) is 11.2. The molecule has 0 bridgehead atoms. The van der Waals surface area contributed by atoms with Gasteiger partial charge in [0.25, 0.3) is 0 Å². The van der Waals surface area contributed by atoms with E-state index in [0.29, 0.717) is 5.69 Å². The second-order valence-electron chi connectivity index (χ2n) is 5.03. The number of rotatable bonds is 3. The molecule has 1 aromatic rings. The number of nitrogens with one attached hydrogen (secondary N) is 1. The van der Waals surface area contributed by atoms with Gasteiger partial charge in [-0.3, -0.25) is 10.2 Å². The Balaban J connectivity index is 2.61. The third-order valence-electron chi connectivity index (χ3n) is 2.23. The Labute approximate surface area is 107 Å². The average Bonchev–Trinajstić information content (AvgIpc) is 2.26. The standard InChI is InChI=1S/C13H20N2O3/c1-9(18-14)10-5-7-11(8-6-10)15-12(16)17-13(2,3)4/h5-9H,14H2,1-4H3,(H,15,16). The van der Waals surface area contributed by atoms with E-state index in [-0.39, 0.29) is 6.10 Å². The molecule has 0 aliphatic rings. The van der Waals surface area contributed by atoms with Crippen LogP contribution < -0.4 is 11.2 Å². The molecule has 3 N–H and O–H groups in total. The van der Waals surface area contributed by atoms with Crippen molar-refractivity contribution >= 4 is 11.8 Å². The lowest BCUT2D eigenvalue weighted by atomic mass is 10.1. The zero-order valence-corrected chi connectivity index (χ0v) is 11.2. The van der Waals surface area contributed by atoms with Gasteiger partial charge in [0.15, 0.2) is 0 Å². The third kappa shape index (κ3) is 4.73. The van der Waals surface area contributed by atoms with Crippen LogP contribution >= 0.6 is 0 Å². The maximum atomic E-state index is 11.5. The highest BCUT2D eigenvalue weighted by atomic mass is 16.6. The number of carbonyl (C=O) groups excluding carboxylic acids is 1. The molecule has 1 aromatic carbocycles. The van der Waals surface area contributed by atoms with Gasteiger partial charge in [0.1, 0.15) is 11.7 Å². The maximum Gasteiger partial charge on any atom is 0.412 e. The van der Waals surface area contributed by atoms with Crippen LogP contribution in [0.5, 0.6) is 0 Å². The lowest BCUT2D eigenvalue weighted by Gasteiger charge is -2.19. The lowest BCUT2D eigenvalue weighted by molar-refractivity contribution is 0.0636. The summed E-state index contributed by atoms with van der Waals surface area (Å²) >= 11 is 0. The summed E-state index contributed by atoms with van der Waals surface area (Å²) in [6.07, 6.45) is -0.654. The van der Waals surface area contributed by atoms with Crippen molar-refractivity contribution in [3.63, 3.8) is 0 Å². The molecule has 5 nitrogen and oxygen atoms in total. The maximum absolute atomic E-state index is 11.5. The predicted octanol–water partition coefficient (Wildman–Crippen LogP) is 2.98. The van der Waals surface area contributed by atoms with Crippen molar-refractivity contribution in [2.24, 2.45) is 5.90 Å². The van der Waals surface area contributed by atoms with E-state index in [2.05, 4.69) is 5.32 Å². The van der Waals surface area contributed by atoms with E-state index in [0.717, 1.165) is 5.56 Å². The summed E-state index contributed by atoms with van der Waals surface area (Å²) in [5, 5.41) is 2.65. The molecule has 100 valence electrons. The highest BCUT2D eigenvalue weighted by Gasteiger charge is 2.16. The summed E-state index contributed by atoms with van der Waals surface area (Å²) < 4.78 is 5.15. The minimum absolute atomic E-state index is 0.180. The molecule has 0 heterocycles. The number of benzene rings is 1. The van der Waals surface area contributed by atoms with Gasteiger partial charge in [-0.25, -0.2) is 10.7 Å². The minimum atomic E-state index is -0.508. The lowest BCUT2D eigenvalue weighted by Crippen LogP contribution is -2.27. The van der Waals surface area contributed by atoms with Crippen LogP contribution in [-0.4, -0.2) is 11.7 Å². The van der Waals surface area contributed by atoms with Crippen LogP contribution in [0.2, 0.25) is 0 Å². The Morgan fingerprint density at radius 3 is 2.28 bits per heavy atom. The molecule has 0 fully saturated rings. The summed E-state index contributed by atoms with van der Waals surface area (Å²) in [4.78, 5) is 16.2. The topological polar surface area (TPSA) is 73.6 Å². The van der Waals surface area contributed by atoms with Crippen molar-refractivity contribution < 1.29 is 14.4 Å². The number of hydrogen-bond donors (Lipinski definition) is 2. The first-order chi connectivity index (χ1) is 8.31.